The van der Waals surface area contributed by atoms with E-state index in [9.17, 15) is 8.42 Å². The predicted molar refractivity (Wildman–Crippen MR) is 73.8 cm³/mol. The Bertz CT molecular complexity index is 701. The number of halogens is 1. The maximum absolute atomic E-state index is 12.1. The summed E-state index contributed by atoms with van der Waals surface area (Å²) in [5, 5.41) is 3.56. The zero-order chi connectivity index (χ0) is 14.8. The second-order valence-electron chi connectivity index (χ2n) is 4.12. The second-order valence-corrected chi connectivity index (χ2v) is 6.26. The number of aromatic nitrogens is 2. The van der Waals surface area contributed by atoms with E-state index in [1.165, 1.54) is 18.5 Å². The van der Waals surface area contributed by atoms with Crippen LogP contribution in [-0.2, 0) is 16.4 Å². The van der Waals surface area contributed by atoms with Gasteiger partial charge in [-0.05, 0) is 24.6 Å². The quantitative estimate of drug-likeness (QED) is 0.800. The third-order valence-corrected chi connectivity index (χ3v) is 4.57. The van der Waals surface area contributed by atoms with Crippen molar-refractivity contribution in [3.05, 3.63) is 34.9 Å². The minimum absolute atomic E-state index is 0.0483. The first kappa shape index (κ1) is 14.8. The molecule has 0 saturated heterocycles. The molecule has 0 bridgehead atoms. The van der Waals surface area contributed by atoms with Crippen LogP contribution in [0.15, 0.2) is 27.9 Å². The molecule has 0 aliphatic rings. The van der Waals surface area contributed by atoms with Crippen LogP contribution in [0.3, 0.4) is 0 Å². The van der Waals surface area contributed by atoms with E-state index in [0.29, 0.717) is 11.6 Å². The van der Waals surface area contributed by atoms with Crippen LogP contribution in [0.25, 0.3) is 0 Å². The van der Waals surface area contributed by atoms with Gasteiger partial charge in [0.15, 0.2) is 6.33 Å². The van der Waals surface area contributed by atoms with Crippen molar-refractivity contribution in [1.29, 1.82) is 0 Å². The van der Waals surface area contributed by atoms with Gasteiger partial charge in [0.05, 0.1) is 5.02 Å². The van der Waals surface area contributed by atoms with E-state index in [1.54, 1.807) is 6.92 Å². The number of hydrogen-bond acceptors (Lipinski definition) is 6. The molecular weight excluding hydrogens is 304 g/mol. The lowest BCUT2D eigenvalue weighted by atomic mass is 10.2. The Morgan fingerprint density at radius 1 is 1.45 bits per heavy atom. The number of hydrogen-bond donors (Lipinski definition) is 2. The van der Waals surface area contributed by atoms with Crippen LogP contribution in [-0.4, -0.2) is 25.1 Å². The molecule has 0 aliphatic heterocycles. The number of nitrogens with one attached hydrogen (secondary N) is 1. The van der Waals surface area contributed by atoms with Gasteiger partial charge < -0.3 is 10.3 Å². The van der Waals surface area contributed by atoms with Crippen molar-refractivity contribution in [3.63, 3.8) is 0 Å². The lowest BCUT2D eigenvalue weighted by Crippen LogP contribution is -2.26. The maximum atomic E-state index is 12.1. The Morgan fingerprint density at radius 2 is 2.20 bits per heavy atom. The van der Waals surface area contributed by atoms with E-state index < -0.39 is 10.0 Å². The van der Waals surface area contributed by atoms with Crippen LogP contribution in [0, 0.1) is 6.92 Å². The summed E-state index contributed by atoms with van der Waals surface area (Å²) >= 11 is 5.95. The van der Waals surface area contributed by atoms with Gasteiger partial charge in [-0.15, -0.1) is 0 Å². The van der Waals surface area contributed by atoms with Crippen molar-refractivity contribution < 1.29 is 12.9 Å². The van der Waals surface area contributed by atoms with Crippen molar-refractivity contribution >= 4 is 27.3 Å². The number of benzene rings is 1. The zero-order valence-electron chi connectivity index (χ0n) is 10.6. The summed E-state index contributed by atoms with van der Waals surface area (Å²) in [5.41, 5.74) is 6.80. The monoisotopic (exact) mass is 316 g/mol. The molecule has 0 spiro atoms. The van der Waals surface area contributed by atoms with Gasteiger partial charge in [-0.2, -0.15) is 4.98 Å². The van der Waals surface area contributed by atoms with E-state index >= 15 is 0 Å². The van der Waals surface area contributed by atoms with E-state index in [0.717, 1.165) is 5.56 Å². The van der Waals surface area contributed by atoms with E-state index in [1.807, 2.05) is 0 Å². The van der Waals surface area contributed by atoms with E-state index in [2.05, 4.69) is 14.9 Å². The van der Waals surface area contributed by atoms with Crippen molar-refractivity contribution in [2.75, 3.05) is 12.3 Å². The van der Waals surface area contributed by atoms with Gasteiger partial charge in [0, 0.05) is 18.7 Å². The topological polar surface area (TPSA) is 111 Å². The first-order valence-corrected chi connectivity index (χ1v) is 7.57. The van der Waals surface area contributed by atoms with Gasteiger partial charge >= 0.3 is 0 Å². The Morgan fingerprint density at radius 3 is 2.85 bits per heavy atom. The molecule has 20 heavy (non-hydrogen) atoms. The average Bonchev–Trinajstić information content (AvgIpc) is 2.86. The number of aryl methyl sites for hydroxylation is 1. The van der Waals surface area contributed by atoms with Gasteiger partial charge in [-0.25, -0.2) is 13.1 Å². The highest BCUT2D eigenvalue weighted by molar-refractivity contribution is 7.89. The molecule has 0 amide bonds. The molecule has 0 unspecified atom stereocenters. The summed E-state index contributed by atoms with van der Waals surface area (Å²) in [6, 6.07) is 2.86. The first-order valence-electron chi connectivity index (χ1n) is 5.71. The minimum Gasteiger partial charge on any atom is -0.398 e. The summed E-state index contributed by atoms with van der Waals surface area (Å²) in [5.74, 6) is 0.349. The van der Waals surface area contributed by atoms with Gasteiger partial charge in [-0.1, -0.05) is 16.8 Å². The van der Waals surface area contributed by atoms with Gasteiger partial charge in [0.25, 0.3) is 0 Å². The fourth-order valence-electron chi connectivity index (χ4n) is 1.55. The molecular formula is C11H13ClN4O3S. The van der Waals surface area contributed by atoms with Gasteiger partial charge in [0.2, 0.25) is 15.9 Å². The van der Waals surface area contributed by atoms with E-state index in [-0.39, 0.29) is 22.9 Å². The maximum Gasteiger partial charge on any atom is 0.242 e. The molecule has 108 valence electrons. The van der Waals surface area contributed by atoms with Gasteiger partial charge in [0.1, 0.15) is 4.90 Å². The minimum atomic E-state index is -3.74. The smallest absolute Gasteiger partial charge is 0.242 e. The Labute approximate surface area is 121 Å². The molecule has 1 aromatic heterocycles. The van der Waals surface area contributed by atoms with Crippen LogP contribution in [0.4, 0.5) is 5.69 Å². The molecule has 2 aromatic rings. The van der Waals surface area contributed by atoms with Crippen LogP contribution in [0.5, 0.6) is 0 Å². The van der Waals surface area contributed by atoms with Crippen molar-refractivity contribution in [3.8, 4) is 0 Å². The van der Waals surface area contributed by atoms with Crippen LogP contribution >= 0.6 is 11.6 Å². The van der Waals surface area contributed by atoms with Crippen LogP contribution < -0.4 is 10.5 Å². The van der Waals surface area contributed by atoms with Gasteiger partial charge in [-0.3, -0.25) is 0 Å². The Balaban J connectivity index is 2.12. The van der Waals surface area contributed by atoms with Crippen LogP contribution in [0.1, 0.15) is 11.5 Å². The fraction of sp³-hybridized carbons (Fsp3) is 0.273. The first-order chi connectivity index (χ1) is 9.40. The van der Waals surface area contributed by atoms with Crippen molar-refractivity contribution in [2.45, 2.75) is 18.2 Å². The normalized spacial score (nSPS) is 11.7. The third-order valence-electron chi connectivity index (χ3n) is 2.65. The lowest BCUT2D eigenvalue weighted by Gasteiger charge is -2.10. The fourth-order valence-corrected chi connectivity index (χ4v) is 3.20. The summed E-state index contributed by atoms with van der Waals surface area (Å²) in [6.45, 7) is 1.87. The molecule has 7 nitrogen and oxygen atoms in total. The van der Waals surface area contributed by atoms with Crippen molar-refractivity contribution in [1.82, 2.24) is 14.9 Å². The number of rotatable bonds is 5. The zero-order valence-corrected chi connectivity index (χ0v) is 12.2. The summed E-state index contributed by atoms with van der Waals surface area (Å²) in [4.78, 5) is 3.74. The molecule has 9 heteroatoms. The standard InChI is InChI=1S/C11H13ClN4O3S/c1-7-4-8(12)10(5-9(7)13)20(17,18)16-3-2-11-14-6-15-19-11/h4-6,16H,2-3,13H2,1H3. The molecule has 0 atom stereocenters. The predicted octanol–water partition coefficient (Wildman–Crippen LogP) is 1.13. The highest BCUT2D eigenvalue weighted by Gasteiger charge is 2.19. The Hall–Kier alpha value is -1.64. The summed E-state index contributed by atoms with van der Waals surface area (Å²) in [7, 11) is -3.74. The van der Waals surface area contributed by atoms with Crippen LogP contribution in [0.2, 0.25) is 5.02 Å². The number of anilines is 1. The summed E-state index contributed by atoms with van der Waals surface area (Å²) < 4.78 is 31.4. The number of nitrogens with zero attached hydrogens (tertiary/aromatic N) is 2. The van der Waals surface area contributed by atoms with Crippen molar-refractivity contribution in [2.24, 2.45) is 0 Å². The Kier molecular flexibility index (Phi) is 4.26. The lowest BCUT2D eigenvalue weighted by molar-refractivity contribution is 0.377. The average molecular weight is 317 g/mol. The molecule has 1 heterocycles. The molecule has 0 aliphatic carbocycles. The molecule has 1 aromatic carbocycles. The molecule has 0 saturated carbocycles. The summed E-state index contributed by atoms with van der Waals surface area (Å²) in [6.07, 6.45) is 1.54. The largest absolute Gasteiger partial charge is 0.398 e. The molecule has 0 fully saturated rings. The van der Waals surface area contributed by atoms with E-state index in [4.69, 9.17) is 21.9 Å². The highest BCUT2D eigenvalue weighted by atomic mass is 35.5. The molecule has 0 radical (unpaired) electrons. The second kappa shape index (κ2) is 5.78. The molecule has 2 rings (SSSR count). The SMILES string of the molecule is Cc1cc(Cl)c(S(=O)(=O)NCCc2ncno2)cc1N. The molecule has 3 N–H and O–H groups in total. The number of nitrogen functional groups attached to an aromatic ring is 1. The highest BCUT2D eigenvalue weighted by Crippen LogP contribution is 2.26. The number of sulfonamides is 1. The third kappa shape index (κ3) is 3.27. The number of nitrogens with two attached hydrogens (primary N) is 1.